The zero-order valence-electron chi connectivity index (χ0n) is 7.16. The van der Waals surface area contributed by atoms with Crippen LogP contribution in [0, 0.1) is 0 Å². The number of aliphatic hydroxyl groups excluding tert-OH is 1. The highest BCUT2D eigenvalue weighted by molar-refractivity contribution is 9.10. The van der Waals surface area contributed by atoms with E-state index in [0.717, 1.165) is 28.6 Å². The first kappa shape index (κ1) is 9.03. The Morgan fingerprint density at radius 3 is 2.77 bits per heavy atom. The van der Waals surface area contributed by atoms with E-state index in [-0.39, 0.29) is 6.61 Å². The van der Waals surface area contributed by atoms with Crippen LogP contribution in [-0.2, 0) is 6.61 Å². The Labute approximate surface area is 85.7 Å². The van der Waals surface area contributed by atoms with Crippen molar-refractivity contribution in [1.29, 1.82) is 0 Å². The number of hydrogen-bond donors (Lipinski definition) is 1. The third kappa shape index (κ3) is 2.23. The van der Waals surface area contributed by atoms with Gasteiger partial charge in [-0.1, -0.05) is 6.07 Å². The van der Waals surface area contributed by atoms with Gasteiger partial charge in [-0.15, -0.1) is 0 Å². The first-order chi connectivity index (χ1) is 6.29. The molecule has 3 heteroatoms. The molecule has 1 fully saturated rings. The van der Waals surface area contributed by atoms with E-state index in [2.05, 4.69) is 15.9 Å². The fourth-order valence-electron chi connectivity index (χ4n) is 1.10. The molecular formula is C10H11BrO2. The molecule has 2 nitrogen and oxygen atoms in total. The van der Waals surface area contributed by atoms with Gasteiger partial charge in [0.05, 0.1) is 17.2 Å². The Morgan fingerprint density at radius 2 is 2.23 bits per heavy atom. The molecule has 1 aliphatic carbocycles. The van der Waals surface area contributed by atoms with Gasteiger partial charge in [0.2, 0.25) is 0 Å². The van der Waals surface area contributed by atoms with Crippen molar-refractivity contribution < 1.29 is 9.84 Å². The monoisotopic (exact) mass is 242 g/mol. The molecule has 1 aliphatic rings. The molecule has 0 heterocycles. The van der Waals surface area contributed by atoms with Crippen molar-refractivity contribution in [3.8, 4) is 5.75 Å². The van der Waals surface area contributed by atoms with Gasteiger partial charge in [-0.3, -0.25) is 0 Å². The van der Waals surface area contributed by atoms with Crippen molar-refractivity contribution in [1.82, 2.24) is 0 Å². The second kappa shape index (κ2) is 3.68. The molecule has 0 saturated heterocycles. The maximum absolute atomic E-state index is 8.89. The van der Waals surface area contributed by atoms with Gasteiger partial charge in [0.25, 0.3) is 0 Å². The van der Waals surface area contributed by atoms with Crippen molar-refractivity contribution in [3.05, 3.63) is 28.2 Å². The van der Waals surface area contributed by atoms with Crippen molar-refractivity contribution in [2.75, 3.05) is 0 Å². The average molecular weight is 243 g/mol. The zero-order valence-corrected chi connectivity index (χ0v) is 8.75. The lowest BCUT2D eigenvalue weighted by molar-refractivity contribution is 0.280. The van der Waals surface area contributed by atoms with E-state index < -0.39 is 0 Å². The van der Waals surface area contributed by atoms with Crippen LogP contribution in [0.1, 0.15) is 18.4 Å². The summed E-state index contributed by atoms with van der Waals surface area (Å²) in [4.78, 5) is 0. The molecule has 1 N–H and O–H groups in total. The Morgan fingerprint density at radius 1 is 1.46 bits per heavy atom. The molecule has 70 valence electrons. The van der Waals surface area contributed by atoms with Crippen LogP contribution in [0.2, 0.25) is 0 Å². The molecule has 0 bridgehead atoms. The van der Waals surface area contributed by atoms with Gasteiger partial charge in [0.15, 0.2) is 0 Å². The Hall–Kier alpha value is -0.540. The zero-order chi connectivity index (χ0) is 9.26. The van der Waals surface area contributed by atoms with Crippen molar-refractivity contribution in [2.24, 2.45) is 0 Å². The standard InChI is InChI=1S/C10H11BrO2/c11-9-5-7(6-12)1-4-10(9)13-8-2-3-8/h1,4-5,8,12H,2-3,6H2. The van der Waals surface area contributed by atoms with E-state index in [4.69, 9.17) is 9.84 Å². The minimum atomic E-state index is 0.0717. The number of aliphatic hydroxyl groups is 1. The SMILES string of the molecule is OCc1ccc(OC2CC2)c(Br)c1. The molecule has 0 radical (unpaired) electrons. The normalized spacial score (nSPS) is 15.8. The lowest BCUT2D eigenvalue weighted by Crippen LogP contribution is -1.97. The highest BCUT2D eigenvalue weighted by atomic mass is 79.9. The van der Waals surface area contributed by atoms with E-state index in [1.165, 1.54) is 0 Å². The average Bonchev–Trinajstić information content (AvgIpc) is 2.92. The van der Waals surface area contributed by atoms with Gasteiger partial charge in [-0.25, -0.2) is 0 Å². The molecule has 13 heavy (non-hydrogen) atoms. The first-order valence-corrected chi connectivity index (χ1v) is 5.15. The summed E-state index contributed by atoms with van der Waals surface area (Å²) >= 11 is 3.41. The van der Waals surface area contributed by atoms with E-state index in [9.17, 15) is 0 Å². The first-order valence-electron chi connectivity index (χ1n) is 4.35. The van der Waals surface area contributed by atoms with Crippen LogP contribution in [0.25, 0.3) is 0 Å². The molecule has 2 rings (SSSR count). The maximum atomic E-state index is 8.89. The highest BCUT2D eigenvalue weighted by Gasteiger charge is 2.24. The lowest BCUT2D eigenvalue weighted by atomic mass is 10.2. The summed E-state index contributed by atoms with van der Waals surface area (Å²) < 4.78 is 6.55. The third-order valence-electron chi connectivity index (χ3n) is 2.00. The van der Waals surface area contributed by atoms with Crippen LogP contribution >= 0.6 is 15.9 Å². The molecule has 0 amide bonds. The summed E-state index contributed by atoms with van der Waals surface area (Å²) in [6.45, 7) is 0.0717. The summed E-state index contributed by atoms with van der Waals surface area (Å²) in [5.74, 6) is 0.875. The van der Waals surface area contributed by atoms with E-state index in [1.54, 1.807) is 0 Å². The quantitative estimate of drug-likeness (QED) is 0.883. The summed E-state index contributed by atoms with van der Waals surface area (Å²) in [5, 5.41) is 8.89. The van der Waals surface area contributed by atoms with Gasteiger partial charge in [-0.05, 0) is 46.5 Å². The number of hydrogen-bond acceptors (Lipinski definition) is 2. The second-order valence-electron chi connectivity index (χ2n) is 3.24. The molecule has 0 unspecified atom stereocenters. The van der Waals surface area contributed by atoms with E-state index in [0.29, 0.717) is 6.10 Å². The van der Waals surface area contributed by atoms with Gasteiger partial charge >= 0.3 is 0 Å². The van der Waals surface area contributed by atoms with Crippen molar-refractivity contribution >= 4 is 15.9 Å². The van der Waals surface area contributed by atoms with Crippen LogP contribution in [0.4, 0.5) is 0 Å². The maximum Gasteiger partial charge on any atom is 0.133 e. The van der Waals surface area contributed by atoms with Crippen molar-refractivity contribution in [2.45, 2.75) is 25.6 Å². The number of ether oxygens (including phenoxy) is 1. The number of rotatable bonds is 3. The Bertz CT molecular complexity index is 308. The molecule has 1 aromatic rings. The molecule has 1 aromatic carbocycles. The highest BCUT2D eigenvalue weighted by Crippen LogP contribution is 2.32. The number of benzene rings is 1. The molecule has 0 aromatic heterocycles. The van der Waals surface area contributed by atoms with Crippen LogP contribution in [0.15, 0.2) is 22.7 Å². The van der Waals surface area contributed by atoms with Crippen LogP contribution < -0.4 is 4.74 Å². The van der Waals surface area contributed by atoms with Gasteiger partial charge < -0.3 is 9.84 Å². The van der Waals surface area contributed by atoms with E-state index in [1.807, 2.05) is 18.2 Å². The molecule has 1 saturated carbocycles. The number of halogens is 1. The molecule has 0 atom stereocenters. The fourth-order valence-corrected chi connectivity index (χ4v) is 1.62. The smallest absolute Gasteiger partial charge is 0.133 e. The topological polar surface area (TPSA) is 29.5 Å². The Balaban J connectivity index is 2.15. The molecule has 0 spiro atoms. The minimum absolute atomic E-state index is 0.0717. The van der Waals surface area contributed by atoms with Crippen LogP contribution in [-0.4, -0.2) is 11.2 Å². The largest absolute Gasteiger partial charge is 0.489 e. The second-order valence-corrected chi connectivity index (χ2v) is 4.09. The van der Waals surface area contributed by atoms with Crippen LogP contribution in [0.3, 0.4) is 0 Å². The fraction of sp³-hybridized carbons (Fsp3) is 0.400. The summed E-state index contributed by atoms with van der Waals surface area (Å²) in [5.41, 5.74) is 0.898. The molecular weight excluding hydrogens is 232 g/mol. The third-order valence-corrected chi connectivity index (χ3v) is 2.62. The summed E-state index contributed by atoms with van der Waals surface area (Å²) in [6.07, 6.45) is 2.74. The minimum Gasteiger partial charge on any atom is -0.489 e. The van der Waals surface area contributed by atoms with Crippen LogP contribution in [0.5, 0.6) is 5.75 Å². The Kier molecular flexibility index (Phi) is 2.56. The summed E-state index contributed by atoms with van der Waals surface area (Å²) in [7, 11) is 0. The summed E-state index contributed by atoms with van der Waals surface area (Å²) in [6, 6.07) is 5.66. The lowest BCUT2D eigenvalue weighted by Gasteiger charge is -2.07. The van der Waals surface area contributed by atoms with Gasteiger partial charge in [0, 0.05) is 0 Å². The predicted octanol–water partition coefficient (Wildman–Crippen LogP) is 2.48. The van der Waals surface area contributed by atoms with Gasteiger partial charge in [-0.2, -0.15) is 0 Å². The molecule has 0 aliphatic heterocycles. The van der Waals surface area contributed by atoms with Gasteiger partial charge in [0.1, 0.15) is 5.75 Å². The predicted molar refractivity (Wildman–Crippen MR) is 53.7 cm³/mol. The van der Waals surface area contributed by atoms with E-state index >= 15 is 0 Å². The van der Waals surface area contributed by atoms with Crippen molar-refractivity contribution in [3.63, 3.8) is 0 Å².